The molecule has 0 bridgehead atoms. The van der Waals surface area contributed by atoms with Gasteiger partial charge in [0.25, 0.3) is 0 Å². The summed E-state index contributed by atoms with van der Waals surface area (Å²) in [5.41, 5.74) is -0.290. The van der Waals surface area contributed by atoms with Gasteiger partial charge in [-0.15, -0.1) is 0 Å². The zero-order chi connectivity index (χ0) is 13.8. The Morgan fingerprint density at radius 1 is 1.25 bits per heavy atom. The Hall–Kier alpha value is -1.53. The summed E-state index contributed by atoms with van der Waals surface area (Å²) < 4.78 is 5.79. The number of para-hydroxylation sites is 1. The van der Waals surface area contributed by atoms with Crippen LogP contribution in [-0.2, 0) is 0 Å². The first kappa shape index (κ1) is 13.5. The fraction of sp³-hybridized carbons (Fsp3) is 0.588. The molecule has 1 N–H and O–H groups in total. The molecule has 2 atom stereocenters. The molecule has 106 valence electrons. The van der Waals surface area contributed by atoms with Gasteiger partial charge in [0.05, 0.1) is 12.7 Å². The van der Waals surface area contributed by atoms with Crippen molar-refractivity contribution in [1.29, 1.82) is 5.26 Å². The van der Waals surface area contributed by atoms with E-state index in [0.717, 1.165) is 31.4 Å². The molecule has 2 aliphatic rings. The minimum atomic E-state index is -0.290. The van der Waals surface area contributed by atoms with Crippen LogP contribution in [-0.4, -0.2) is 18.2 Å². The summed E-state index contributed by atoms with van der Waals surface area (Å²) in [6.07, 6.45) is 6.72. The Bertz CT molecular complexity index is 478. The van der Waals surface area contributed by atoms with Gasteiger partial charge in [-0.1, -0.05) is 24.6 Å². The van der Waals surface area contributed by atoms with Gasteiger partial charge in [-0.3, -0.25) is 5.32 Å². The highest BCUT2D eigenvalue weighted by atomic mass is 16.5. The van der Waals surface area contributed by atoms with Gasteiger partial charge >= 0.3 is 0 Å². The monoisotopic (exact) mass is 270 g/mol. The average Bonchev–Trinajstić information content (AvgIpc) is 3.21. The van der Waals surface area contributed by atoms with Crippen molar-refractivity contribution in [3.05, 3.63) is 30.3 Å². The third-order valence-electron chi connectivity index (χ3n) is 4.54. The number of hydrogen-bond donors (Lipinski definition) is 1. The van der Waals surface area contributed by atoms with Crippen LogP contribution in [0.1, 0.15) is 38.5 Å². The molecule has 0 spiro atoms. The third kappa shape index (κ3) is 2.96. The molecule has 0 aliphatic heterocycles. The van der Waals surface area contributed by atoms with E-state index in [2.05, 4.69) is 11.4 Å². The normalized spacial score (nSPS) is 29.1. The second kappa shape index (κ2) is 5.85. The number of nitrogens with zero attached hydrogens (tertiary/aromatic N) is 1. The molecule has 3 heteroatoms. The topological polar surface area (TPSA) is 45.0 Å². The van der Waals surface area contributed by atoms with Crippen molar-refractivity contribution < 1.29 is 4.74 Å². The first-order chi connectivity index (χ1) is 9.82. The molecule has 2 unspecified atom stereocenters. The standard InChI is InChI=1S/C17H22N2O/c18-13-17(19-15-8-9-15)11-4-5-14(17)10-12-20-16-6-2-1-3-7-16/h1-3,6-7,14-15,19H,4-5,8-12H2. The van der Waals surface area contributed by atoms with Crippen LogP contribution in [0.2, 0.25) is 0 Å². The quantitative estimate of drug-likeness (QED) is 0.863. The number of nitriles is 1. The molecule has 2 fully saturated rings. The Morgan fingerprint density at radius 2 is 2.05 bits per heavy atom. The largest absolute Gasteiger partial charge is 0.494 e. The van der Waals surface area contributed by atoms with Crippen LogP contribution in [0.4, 0.5) is 0 Å². The SMILES string of the molecule is N#CC1(NC2CC2)CCCC1CCOc1ccccc1. The fourth-order valence-corrected chi connectivity index (χ4v) is 3.27. The van der Waals surface area contributed by atoms with Crippen LogP contribution < -0.4 is 10.1 Å². The van der Waals surface area contributed by atoms with Crippen molar-refractivity contribution in [2.24, 2.45) is 5.92 Å². The summed E-state index contributed by atoms with van der Waals surface area (Å²) in [5, 5.41) is 13.2. The van der Waals surface area contributed by atoms with Gasteiger partial charge in [0.2, 0.25) is 0 Å². The molecule has 1 aromatic rings. The van der Waals surface area contributed by atoms with E-state index in [9.17, 15) is 5.26 Å². The van der Waals surface area contributed by atoms with E-state index >= 15 is 0 Å². The second-order valence-electron chi connectivity index (χ2n) is 6.04. The minimum Gasteiger partial charge on any atom is -0.494 e. The van der Waals surface area contributed by atoms with Crippen LogP contribution in [0, 0.1) is 17.2 Å². The average molecular weight is 270 g/mol. The number of benzene rings is 1. The Morgan fingerprint density at radius 3 is 2.75 bits per heavy atom. The summed E-state index contributed by atoms with van der Waals surface area (Å²) in [5.74, 6) is 1.35. The molecule has 0 radical (unpaired) electrons. The first-order valence-electron chi connectivity index (χ1n) is 7.69. The fourth-order valence-electron chi connectivity index (χ4n) is 3.27. The van der Waals surface area contributed by atoms with Crippen LogP contribution in [0.5, 0.6) is 5.75 Å². The van der Waals surface area contributed by atoms with E-state index in [0.29, 0.717) is 18.6 Å². The van der Waals surface area contributed by atoms with Gasteiger partial charge in [-0.05, 0) is 50.2 Å². The Kier molecular flexibility index (Phi) is 3.93. The van der Waals surface area contributed by atoms with E-state index in [1.807, 2.05) is 30.3 Å². The molecule has 3 nitrogen and oxygen atoms in total. The van der Waals surface area contributed by atoms with Gasteiger partial charge in [0.15, 0.2) is 0 Å². The summed E-state index contributed by atoms with van der Waals surface area (Å²) in [4.78, 5) is 0. The van der Waals surface area contributed by atoms with E-state index < -0.39 is 0 Å². The van der Waals surface area contributed by atoms with Crippen molar-refractivity contribution in [1.82, 2.24) is 5.32 Å². The Labute approximate surface area is 120 Å². The summed E-state index contributed by atoms with van der Waals surface area (Å²) in [6.45, 7) is 0.699. The zero-order valence-corrected chi connectivity index (χ0v) is 11.8. The van der Waals surface area contributed by atoms with Gasteiger partial charge in [-0.2, -0.15) is 5.26 Å². The zero-order valence-electron chi connectivity index (χ0n) is 11.8. The van der Waals surface area contributed by atoms with E-state index in [1.54, 1.807) is 0 Å². The molecule has 2 saturated carbocycles. The van der Waals surface area contributed by atoms with E-state index in [1.165, 1.54) is 12.8 Å². The highest BCUT2D eigenvalue weighted by Crippen LogP contribution is 2.40. The van der Waals surface area contributed by atoms with Gasteiger partial charge in [-0.25, -0.2) is 0 Å². The molecule has 0 heterocycles. The van der Waals surface area contributed by atoms with Crippen molar-refractivity contribution >= 4 is 0 Å². The van der Waals surface area contributed by atoms with Crippen LogP contribution in [0.15, 0.2) is 30.3 Å². The number of nitrogens with one attached hydrogen (secondary N) is 1. The Balaban J connectivity index is 1.54. The van der Waals surface area contributed by atoms with Crippen LogP contribution in [0.25, 0.3) is 0 Å². The number of ether oxygens (including phenoxy) is 1. The van der Waals surface area contributed by atoms with Crippen LogP contribution in [0.3, 0.4) is 0 Å². The minimum absolute atomic E-state index is 0.290. The smallest absolute Gasteiger partial charge is 0.119 e. The lowest BCUT2D eigenvalue weighted by Gasteiger charge is -2.30. The third-order valence-corrected chi connectivity index (χ3v) is 4.54. The van der Waals surface area contributed by atoms with Crippen molar-refractivity contribution in [3.63, 3.8) is 0 Å². The molecule has 0 aromatic heterocycles. The van der Waals surface area contributed by atoms with Gasteiger partial charge < -0.3 is 4.74 Å². The molecule has 3 rings (SSSR count). The maximum Gasteiger partial charge on any atom is 0.119 e. The lowest BCUT2D eigenvalue weighted by molar-refractivity contribution is 0.231. The maximum atomic E-state index is 9.63. The molecular weight excluding hydrogens is 248 g/mol. The molecular formula is C17H22N2O. The highest BCUT2D eigenvalue weighted by molar-refractivity contribution is 5.21. The molecule has 0 amide bonds. The molecule has 1 aromatic carbocycles. The van der Waals surface area contributed by atoms with Crippen molar-refractivity contribution in [2.45, 2.75) is 50.1 Å². The van der Waals surface area contributed by atoms with Crippen molar-refractivity contribution in [3.8, 4) is 11.8 Å². The van der Waals surface area contributed by atoms with E-state index in [4.69, 9.17) is 4.74 Å². The summed E-state index contributed by atoms with van der Waals surface area (Å²) in [7, 11) is 0. The van der Waals surface area contributed by atoms with Crippen LogP contribution >= 0.6 is 0 Å². The predicted molar refractivity (Wildman–Crippen MR) is 78.4 cm³/mol. The lowest BCUT2D eigenvalue weighted by Crippen LogP contribution is -2.48. The van der Waals surface area contributed by atoms with E-state index in [-0.39, 0.29) is 5.54 Å². The number of rotatable bonds is 6. The molecule has 0 saturated heterocycles. The predicted octanol–water partition coefficient (Wildman–Crippen LogP) is 3.27. The van der Waals surface area contributed by atoms with Gasteiger partial charge in [0, 0.05) is 6.04 Å². The van der Waals surface area contributed by atoms with Crippen molar-refractivity contribution in [2.75, 3.05) is 6.61 Å². The second-order valence-corrected chi connectivity index (χ2v) is 6.04. The number of hydrogen-bond acceptors (Lipinski definition) is 3. The maximum absolute atomic E-state index is 9.63. The highest BCUT2D eigenvalue weighted by Gasteiger charge is 2.45. The first-order valence-corrected chi connectivity index (χ1v) is 7.69. The van der Waals surface area contributed by atoms with Gasteiger partial charge in [0.1, 0.15) is 11.3 Å². The lowest BCUT2D eigenvalue weighted by atomic mass is 9.86. The molecule has 20 heavy (non-hydrogen) atoms. The molecule has 2 aliphatic carbocycles. The summed E-state index contributed by atoms with van der Waals surface area (Å²) >= 11 is 0. The summed E-state index contributed by atoms with van der Waals surface area (Å²) in [6, 6.07) is 13.1.